The van der Waals surface area contributed by atoms with E-state index < -0.39 is 0 Å². The van der Waals surface area contributed by atoms with E-state index in [4.69, 9.17) is 0 Å². The molecule has 3 heteroatoms. The maximum Gasteiger partial charge on any atom is 0.262 e. The molecule has 1 aliphatic heterocycles. The minimum atomic E-state index is 0.00672. The fraction of sp³-hybridized carbons (Fsp3) is 0.222. The van der Waals surface area contributed by atoms with Gasteiger partial charge in [-0.3, -0.25) is 0 Å². The first kappa shape index (κ1) is 19.1. The molecule has 0 spiro atoms. The number of hydrogen-bond acceptors (Lipinski definition) is 2. The fourth-order valence-corrected chi connectivity index (χ4v) is 6.08. The number of anilines is 1. The Kier molecular flexibility index (Phi) is 4.52. The van der Waals surface area contributed by atoms with Gasteiger partial charge < -0.3 is 4.90 Å². The zero-order valence-corrected chi connectivity index (χ0v) is 18.8. The van der Waals surface area contributed by atoms with Gasteiger partial charge in [0.25, 0.3) is 5.01 Å². The molecular weight excluding hydrogens is 384 g/mol. The van der Waals surface area contributed by atoms with Gasteiger partial charge in [0, 0.05) is 41.4 Å². The van der Waals surface area contributed by atoms with Gasteiger partial charge in [-0.25, -0.2) is 0 Å². The summed E-state index contributed by atoms with van der Waals surface area (Å²) in [6.07, 6.45) is 6.77. The van der Waals surface area contributed by atoms with Crippen LogP contribution in [0.2, 0.25) is 0 Å². The molecule has 3 aromatic carbocycles. The molecule has 0 atom stereocenters. The summed E-state index contributed by atoms with van der Waals surface area (Å²) >= 11 is 1.88. The van der Waals surface area contributed by atoms with Crippen LogP contribution in [-0.2, 0) is 12.0 Å². The SMILES string of the molecule is CC[n+]1c(/C=C/C=C2/N(C)c3ccccc3C2(C)C)sc2c3ccccc3ccc21. The van der Waals surface area contributed by atoms with E-state index >= 15 is 0 Å². The molecule has 0 saturated carbocycles. The topological polar surface area (TPSA) is 7.12 Å². The van der Waals surface area contributed by atoms with Gasteiger partial charge in [0.2, 0.25) is 5.52 Å². The van der Waals surface area contributed by atoms with Gasteiger partial charge in [-0.2, -0.15) is 4.57 Å². The molecule has 0 amide bonds. The van der Waals surface area contributed by atoms with E-state index in [1.54, 1.807) is 0 Å². The van der Waals surface area contributed by atoms with Crippen molar-refractivity contribution in [3.8, 4) is 0 Å². The number of hydrogen-bond donors (Lipinski definition) is 0. The first-order valence-electron chi connectivity index (χ1n) is 10.6. The van der Waals surface area contributed by atoms with E-state index in [0.29, 0.717) is 0 Å². The summed E-state index contributed by atoms with van der Waals surface area (Å²) in [4.78, 5) is 2.33. The van der Waals surface area contributed by atoms with Crippen molar-refractivity contribution in [1.82, 2.24) is 0 Å². The lowest BCUT2D eigenvalue weighted by atomic mass is 9.84. The predicted octanol–water partition coefficient (Wildman–Crippen LogP) is 6.69. The third kappa shape index (κ3) is 2.80. The summed E-state index contributed by atoms with van der Waals surface area (Å²) in [5.41, 5.74) is 5.35. The van der Waals surface area contributed by atoms with Gasteiger partial charge in [0.05, 0.1) is 0 Å². The van der Waals surface area contributed by atoms with Crippen molar-refractivity contribution >= 4 is 44.1 Å². The zero-order chi connectivity index (χ0) is 20.9. The second-order valence-corrected chi connectivity index (χ2v) is 9.46. The molecule has 0 radical (unpaired) electrons. The monoisotopic (exact) mass is 411 g/mol. The fourth-order valence-electron chi connectivity index (χ4n) is 4.80. The predicted molar refractivity (Wildman–Crippen MR) is 130 cm³/mol. The lowest BCUT2D eigenvalue weighted by Crippen LogP contribution is -2.33. The van der Waals surface area contributed by atoms with Gasteiger partial charge in [0.15, 0.2) is 0 Å². The standard InChI is InChI=1S/C27H27N2S/c1-5-29-23-18-17-19-11-6-7-12-20(19)26(23)30-25(29)16-10-15-24-27(2,3)21-13-8-9-14-22(21)28(24)4/h6-18H,5H2,1-4H3/q+1. The van der Waals surface area contributed by atoms with Crippen molar-refractivity contribution in [2.24, 2.45) is 0 Å². The first-order valence-corrected chi connectivity index (χ1v) is 11.4. The summed E-state index contributed by atoms with van der Waals surface area (Å²) in [7, 11) is 2.17. The molecule has 0 N–H and O–H groups in total. The summed E-state index contributed by atoms with van der Waals surface area (Å²) in [5, 5.41) is 3.93. The van der Waals surface area contributed by atoms with E-state index in [1.807, 2.05) is 11.3 Å². The molecule has 150 valence electrons. The Labute approximate surface area is 182 Å². The Bertz CT molecular complexity index is 1320. The van der Waals surface area contributed by atoms with Crippen molar-refractivity contribution in [2.75, 3.05) is 11.9 Å². The third-order valence-corrected chi connectivity index (χ3v) is 7.57. The Morgan fingerprint density at radius 2 is 1.77 bits per heavy atom. The molecule has 2 nitrogen and oxygen atoms in total. The molecule has 0 aliphatic carbocycles. The van der Waals surface area contributed by atoms with E-state index in [-0.39, 0.29) is 5.41 Å². The average molecular weight is 412 g/mol. The molecule has 30 heavy (non-hydrogen) atoms. The van der Waals surface area contributed by atoms with Gasteiger partial charge >= 0.3 is 0 Å². The summed E-state index contributed by atoms with van der Waals surface area (Å²) in [5.74, 6) is 0. The molecule has 0 bridgehead atoms. The number of aromatic nitrogens is 1. The number of aryl methyl sites for hydroxylation is 1. The van der Waals surface area contributed by atoms with Crippen LogP contribution in [-0.4, -0.2) is 7.05 Å². The molecule has 0 fully saturated rings. The van der Waals surface area contributed by atoms with Gasteiger partial charge in [0.1, 0.15) is 11.2 Å². The molecule has 1 aliphatic rings. The van der Waals surface area contributed by atoms with Crippen molar-refractivity contribution in [2.45, 2.75) is 32.7 Å². The van der Waals surface area contributed by atoms with Crippen LogP contribution in [0, 0.1) is 0 Å². The van der Waals surface area contributed by atoms with Crippen molar-refractivity contribution in [3.05, 3.63) is 89.1 Å². The number of rotatable bonds is 3. The number of fused-ring (bicyclic) bond motifs is 4. The number of nitrogens with zero attached hydrogens (tertiary/aromatic N) is 2. The Morgan fingerprint density at radius 1 is 1.00 bits per heavy atom. The highest BCUT2D eigenvalue weighted by Crippen LogP contribution is 2.46. The van der Waals surface area contributed by atoms with Crippen molar-refractivity contribution in [3.63, 3.8) is 0 Å². The lowest BCUT2D eigenvalue weighted by molar-refractivity contribution is -0.665. The molecule has 0 saturated heterocycles. The summed E-state index contributed by atoms with van der Waals surface area (Å²) < 4.78 is 3.78. The number of benzene rings is 3. The Balaban J connectivity index is 1.57. The minimum absolute atomic E-state index is 0.00672. The highest BCUT2D eigenvalue weighted by molar-refractivity contribution is 7.19. The smallest absolute Gasteiger partial charge is 0.262 e. The molecule has 1 aromatic heterocycles. The number of likely N-dealkylation sites (N-methyl/N-ethyl adjacent to an activating group) is 1. The zero-order valence-electron chi connectivity index (χ0n) is 18.0. The Hall–Kier alpha value is -2.91. The van der Waals surface area contributed by atoms with Crippen LogP contribution < -0.4 is 9.47 Å². The number of allylic oxidation sites excluding steroid dienone is 3. The molecule has 2 heterocycles. The lowest BCUT2D eigenvalue weighted by Gasteiger charge is -2.23. The van der Waals surface area contributed by atoms with E-state index in [2.05, 4.69) is 116 Å². The van der Waals surface area contributed by atoms with E-state index in [1.165, 1.54) is 42.9 Å². The van der Waals surface area contributed by atoms with Crippen LogP contribution in [0.25, 0.3) is 27.1 Å². The molecule has 5 rings (SSSR count). The third-order valence-electron chi connectivity index (χ3n) is 6.37. The summed E-state index contributed by atoms with van der Waals surface area (Å²) in [6.45, 7) is 7.81. The second-order valence-electron chi connectivity index (χ2n) is 8.43. The van der Waals surface area contributed by atoms with Gasteiger partial charge in [-0.05, 0) is 36.1 Å². The van der Waals surface area contributed by atoms with Gasteiger partial charge in [-0.15, -0.1) is 0 Å². The second kappa shape index (κ2) is 7.10. The molecular formula is C27H27N2S+. The van der Waals surface area contributed by atoms with Gasteiger partial charge in [-0.1, -0.05) is 73.7 Å². The van der Waals surface area contributed by atoms with Crippen molar-refractivity contribution in [1.29, 1.82) is 0 Å². The quantitative estimate of drug-likeness (QED) is 0.341. The van der Waals surface area contributed by atoms with E-state index in [0.717, 1.165) is 6.54 Å². The maximum absolute atomic E-state index is 2.42. The molecule has 4 aromatic rings. The summed E-state index contributed by atoms with van der Waals surface area (Å²) in [6, 6.07) is 21.9. The number of thiazole rings is 1. The van der Waals surface area contributed by atoms with Crippen LogP contribution in [0.4, 0.5) is 5.69 Å². The first-order chi connectivity index (χ1) is 14.5. The minimum Gasteiger partial charge on any atom is -0.347 e. The Morgan fingerprint density at radius 3 is 2.57 bits per heavy atom. The van der Waals surface area contributed by atoms with Crippen LogP contribution in [0.1, 0.15) is 31.3 Å². The largest absolute Gasteiger partial charge is 0.347 e. The number of para-hydroxylation sites is 1. The van der Waals surface area contributed by atoms with Crippen LogP contribution in [0.3, 0.4) is 0 Å². The normalized spacial score (nSPS) is 16.9. The van der Waals surface area contributed by atoms with Crippen LogP contribution in [0.5, 0.6) is 0 Å². The highest BCUT2D eigenvalue weighted by Gasteiger charge is 2.37. The van der Waals surface area contributed by atoms with E-state index in [9.17, 15) is 0 Å². The van der Waals surface area contributed by atoms with Crippen LogP contribution >= 0.6 is 11.3 Å². The van der Waals surface area contributed by atoms with Crippen molar-refractivity contribution < 1.29 is 4.57 Å². The average Bonchev–Trinajstić information content (AvgIpc) is 3.22. The maximum atomic E-state index is 2.42. The van der Waals surface area contributed by atoms with Crippen LogP contribution in [0.15, 0.2) is 78.5 Å². The highest BCUT2D eigenvalue weighted by atomic mass is 32.1. The molecule has 0 unspecified atom stereocenters.